The molecule has 0 aromatic heterocycles. The smallest absolute Gasteiger partial charge is 0.305 e. The molecule has 0 aliphatic carbocycles. The fourth-order valence-corrected chi connectivity index (χ4v) is 1.67. The molecular formula is C12H14N2O4. The number of benzene rings is 1. The van der Waals surface area contributed by atoms with Gasteiger partial charge in [-0.25, -0.2) is 0 Å². The van der Waals surface area contributed by atoms with Gasteiger partial charge in [-0.2, -0.15) is 0 Å². The molecule has 3 N–H and O–H groups in total. The molecule has 6 nitrogen and oxygen atoms in total. The first-order valence-corrected chi connectivity index (χ1v) is 5.66. The van der Waals surface area contributed by atoms with Gasteiger partial charge in [0.05, 0.1) is 18.7 Å². The van der Waals surface area contributed by atoms with E-state index in [0.29, 0.717) is 12.3 Å². The van der Waals surface area contributed by atoms with E-state index in [4.69, 9.17) is 9.84 Å². The molecule has 0 saturated carbocycles. The minimum absolute atomic E-state index is 0.0948. The largest absolute Gasteiger partial charge is 0.481 e. The lowest BCUT2D eigenvalue weighted by atomic mass is 10.2. The molecule has 1 aliphatic heterocycles. The summed E-state index contributed by atoms with van der Waals surface area (Å²) in [6.07, 6.45) is -0.726. The Bertz CT molecular complexity index is 461. The molecule has 1 aromatic carbocycles. The van der Waals surface area contributed by atoms with Crippen LogP contribution in [0.1, 0.15) is 6.42 Å². The highest BCUT2D eigenvalue weighted by Crippen LogP contribution is 2.27. The molecule has 0 spiro atoms. The molecule has 1 atom stereocenters. The number of rotatable bonds is 4. The third kappa shape index (κ3) is 2.91. The predicted molar refractivity (Wildman–Crippen MR) is 64.6 cm³/mol. The van der Waals surface area contributed by atoms with E-state index in [9.17, 15) is 9.59 Å². The van der Waals surface area contributed by atoms with Gasteiger partial charge in [-0.1, -0.05) is 12.1 Å². The lowest BCUT2D eigenvalue weighted by molar-refractivity contribution is -0.137. The second kappa shape index (κ2) is 5.39. The average molecular weight is 250 g/mol. The van der Waals surface area contributed by atoms with Crippen molar-refractivity contribution in [3.05, 3.63) is 24.3 Å². The topological polar surface area (TPSA) is 87.7 Å². The number of nitrogens with one attached hydrogen (secondary N) is 2. The van der Waals surface area contributed by atoms with Crippen LogP contribution in [0.5, 0.6) is 5.75 Å². The van der Waals surface area contributed by atoms with Crippen LogP contribution in [0.4, 0.5) is 5.69 Å². The third-order valence-electron chi connectivity index (χ3n) is 2.56. The molecule has 1 amide bonds. The third-order valence-corrected chi connectivity index (χ3v) is 2.56. The van der Waals surface area contributed by atoms with Gasteiger partial charge < -0.3 is 20.5 Å². The van der Waals surface area contributed by atoms with Crippen molar-refractivity contribution in [3.63, 3.8) is 0 Å². The zero-order valence-corrected chi connectivity index (χ0v) is 9.68. The van der Waals surface area contributed by atoms with Crippen LogP contribution >= 0.6 is 0 Å². The molecule has 1 aromatic rings. The fraction of sp³-hybridized carbons (Fsp3) is 0.333. The van der Waals surface area contributed by atoms with Gasteiger partial charge in [0.2, 0.25) is 0 Å². The van der Waals surface area contributed by atoms with Crippen LogP contribution in [0, 0.1) is 0 Å². The Hall–Kier alpha value is -2.24. The number of aliphatic carboxylic acids is 1. The van der Waals surface area contributed by atoms with Gasteiger partial charge in [-0.15, -0.1) is 0 Å². The van der Waals surface area contributed by atoms with Crippen molar-refractivity contribution >= 4 is 17.6 Å². The molecule has 1 heterocycles. The van der Waals surface area contributed by atoms with E-state index in [2.05, 4.69) is 10.6 Å². The highest BCUT2D eigenvalue weighted by Gasteiger charge is 2.25. The summed E-state index contributed by atoms with van der Waals surface area (Å²) >= 11 is 0. The molecule has 18 heavy (non-hydrogen) atoms. The summed E-state index contributed by atoms with van der Waals surface area (Å²) in [5, 5.41) is 14.1. The monoisotopic (exact) mass is 250 g/mol. The standard InChI is InChI=1S/C12H14N2O4/c15-11(16)5-6-13-12(17)10-7-14-8-3-1-2-4-9(8)18-10/h1-4,10,14H,5-7H2,(H,13,17)(H,15,16). The van der Waals surface area contributed by atoms with Crippen molar-refractivity contribution in [3.8, 4) is 5.75 Å². The number of carbonyl (C=O) groups excluding carboxylic acids is 1. The number of hydrogen-bond donors (Lipinski definition) is 3. The van der Waals surface area contributed by atoms with Crippen LogP contribution in [-0.2, 0) is 9.59 Å². The summed E-state index contributed by atoms with van der Waals surface area (Å²) in [5.41, 5.74) is 0.854. The number of amides is 1. The molecule has 0 fully saturated rings. The van der Waals surface area contributed by atoms with E-state index in [1.165, 1.54) is 0 Å². The number of carboxylic acids is 1. The van der Waals surface area contributed by atoms with Crippen LogP contribution in [0.3, 0.4) is 0 Å². The first-order valence-electron chi connectivity index (χ1n) is 5.66. The normalized spacial score (nSPS) is 17.0. The Morgan fingerprint density at radius 2 is 2.22 bits per heavy atom. The van der Waals surface area contributed by atoms with E-state index < -0.39 is 12.1 Å². The Morgan fingerprint density at radius 3 is 3.00 bits per heavy atom. The summed E-state index contributed by atoms with van der Waals surface area (Å²) in [6, 6.07) is 7.35. The number of fused-ring (bicyclic) bond motifs is 1. The van der Waals surface area contributed by atoms with E-state index in [-0.39, 0.29) is 18.9 Å². The van der Waals surface area contributed by atoms with Crippen molar-refractivity contribution in [1.29, 1.82) is 0 Å². The number of anilines is 1. The van der Waals surface area contributed by atoms with Gasteiger partial charge in [0.15, 0.2) is 6.10 Å². The first kappa shape index (κ1) is 12.2. The zero-order chi connectivity index (χ0) is 13.0. The summed E-state index contributed by atoms with van der Waals surface area (Å²) in [6.45, 7) is 0.478. The highest BCUT2D eigenvalue weighted by atomic mass is 16.5. The summed E-state index contributed by atoms with van der Waals surface area (Å²) in [7, 11) is 0. The number of hydrogen-bond acceptors (Lipinski definition) is 4. The van der Waals surface area contributed by atoms with Crippen molar-refractivity contribution in [2.75, 3.05) is 18.4 Å². The van der Waals surface area contributed by atoms with Gasteiger partial charge in [-0.05, 0) is 12.1 Å². The van der Waals surface area contributed by atoms with E-state index in [1.807, 2.05) is 18.2 Å². The van der Waals surface area contributed by atoms with Crippen molar-refractivity contribution in [2.45, 2.75) is 12.5 Å². The molecule has 6 heteroatoms. The molecule has 0 radical (unpaired) electrons. The Morgan fingerprint density at radius 1 is 1.44 bits per heavy atom. The lowest BCUT2D eigenvalue weighted by Crippen LogP contribution is -2.45. The maximum absolute atomic E-state index is 11.7. The minimum Gasteiger partial charge on any atom is -0.481 e. The summed E-state index contributed by atoms with van der Waals surface area (Å²) in [5.74, 6) is -0.622. The minimum atomic E-state index is -0.941. The highest BCUT2D eigenvalue weighted by molar-refractivity contribution is 5.83. The van der Waals surface area contributed by atoms with Gasteiger partial charge in [-0.3, -0.25) is 9.59 Å². The molecule has 0 saturated heterocycles. The quantitative estimate of drug-likeness (QED) is 0.722. The number of para-hydroxylation sites is 2. The number of ether oxygens (including phenoxy) is 1. The molecule has 1 unspecified atom stereocenters. The maximum atomic E-state index is 11.7. The second-order valence-corrected chi connectivity index (χ2v) is 3.92. The predicted octanol–water partition coefficient (Wildman–Crippen LogP) is 0.450. The summed E-state index contributed by atoms with van der Waals surface area (Å²) in [4.78, 5) is 22.0. The second-order valence-electron chi connectivity index (χ2n) is 3.92. The van der Waals surface area contributed by atoms with Crippen LogP contribution in [0.2, 0.25) is 0 Å². The molecule has 1 aliphatic rings. The van der Waals surface area contributed by atoms with Crippen molar-refractivity contribution in [2.24, 2.45) is 0 Å². The summed E-state index contributed by atoms with van der Waals surface area (Å²) < 4.78 is 5.53. The molecular weight excluding hydrogens is 236 g/mol. The van der Waals surface area contributed by atoms with Crippen molar-refractivity contribution < 1.29 is 19.4 Å². The first-order chi connectivity index (χ1) is 8.66. The van der Waals surface area contributed by atoms with Crippen molar-refractivity contribution in [1.82, 2.24) is 5.32 Å². The van der Waals surface area contributed by atoms with Gasteiger partial charge in [0.25, 0.3) is 5.91 Å². The van der Waals surface area contributed by atoms with E-state index in [1.54, 1.807) is 6.07 Å². The van der Waals surface area contributed by atoms with Crippen LogP contribution in [0.15, 0.2) is 24.3 Å². The van der Waals surface area contributed by atoms with Crippen LogP contribution in [-0.4, -0.2) is 36.2 Å². The lowest BCUT2D eigenvalue weighted by Gasteiger charge is -2.26. The van der Waals surface area contributed by atoms with Gasteiger partial charge in [0.1, 0.15) is 5.75 Å². The Labute approximate surface area is 104 Å². The average Bonchev–Trinajstić information content (AvgIpc) is 2.37. The van der Waals surface area contributed by atoms with Crippen LogP contribution in [0.25, 0.3) is 0 Å². The SMILES string of the molecule is O=C(O)CCNC(=O)C1CNc2ccccc2O1. The fourth-order valence-electron chi connectivity index (χ4n) is 1.67. The zero-order valence-electron chi connectivity index (χ0n) is 9.68. The number of carboxylic acid groups (broad SMARTS) is 1. The van der Waals surface area contributed by atoms with Crippen LogP contribution < -0.4 is 15.4 Å². The van der Waals surface area contributed by atoms with E-state index in [0.717, 1.165) is 5.69 Å². The molecule has 96 valence electrons. The Balaban J connectivity index is 1.88. The number of carbonyl (C=O) groups is 2. The van der Waals surface area contributed by atoms with Gasteiger partial charge in [0, 0.05) is 6.54 Å². The van der Waals surface area contributed by atoms with E-state index >= 15 is 0 Å². The molecule has 0 bridgehead atoms. The Kier molecular flexibility index (Phi) is 3.66. The maximum Gasteiger partial charge on any atom is 0.305 e. The van der Waals surface area contributed by atoms with Gasteiger partial charge >= 0.3 is 5.97 Å². The molecule has 2 rings (SSSR count).